The molecule has 0 aliphatic heterocycles. The van der Waals surface area contributed by atoms with Crippen molar-refractivity contribution < 1.29 is 13.6 Å². The molecule has 1 heterocycles. The predicted octanol–water partition coefficient (Wildman–Crippen LogP) is 4.43. The van der Waals surface area contributed by atoms with Crippen molar-refractivity contribution in [2.24, 2.45) is 18.9 Å². The molecule has 2 aliphatic rings. The van der Waals surface area contributed by atoms with Gasteiger partial charge in [-0.25, -0.2) is 8.78 Å². The molecule has 0 radical (unpaired) electrons. The van der Waals surface area contributed by atoms with Gasteiger partial charge in [0, 0.05) is 18.9 Å². The first kappa shape index (κ1) is 16.2. The quantitative estimate of drug-likeness (QED) is 0.871. The van der Waals surface area contributed by atoms with Crippen molar-refractivity contribution in [3.05, 3.63) is 46.8 Å². The number of aryl methyl sites for hydroxylation is 1. The predicted molar refractivity (Wildman–Crippen MR) is 90.9 cm³/mol. The summed E-state index contributed by atoms with van der Waals surface area (Å²) < 4.78 is 27.4. The number of carbonyl (C=O) groups excluding carboxylic acids is 1. The Kier molecular flexibility index (Phi) is 3.85. The van der Waals surface area contributed by atoms with Gasteiger partial charge in [-0.3, -0.25) is 9.48 Å². The molecule has 1 amide bonds. The highest BCUT2D eigenvalue weighted by atomic mass is 19.3. The van der Waals surface area contributed by atoms with Crippen LogP contribution in [0, 0.1) is 18.8 Å². The Balaban J connectivity index is 1.56. The Hall–Kier alpha value is -2.24. The van der Waals surface area contributed by atoms with Gasteiger partial charge in [-0.1, -0.05) is 12.1 Å². The van der Waals surface area contributed by atoms with E-state index in [2.05, 4.69) is 16.5 Å². The van der Waals surface area contributed by atoms with E-state index in [1.165, 1.54) is 42.8 Å². The van der Waals surface area contributed by atoms with Gasteiger partial charge in [-0.2, -0.15) is 5.10 Å². The molecular weight excluding hydrogens is 324 g/mol. The molecule has 1 aromatic heterocycles. The van der Waals surface area contributed by atoms with Crippen molar-refractivity contribution >= 4 is 11.6 Å². The summed E-state index contributed by atoms with van der Waals surface area (Å²) in [5.74, 6) is 1.71. The highest BCUT2D eigenvalue weighted by Crippen LogP contribution is 2.60. The largest absolute Gasteiger partial charge is 0.322 e. The van der Waals surface area contributed by atoms with E-state index in [0.29, 0.717) is 11.6 Å². The van der Waals surface area contributed by atoms with Crippen molar-refractivity contribution in [2.45, 2.75) is 38.5 Å². The van der Waals surface area contributed by atoms with Crippen LogP contribution in [-0.2, 0) is 7.05 Å². The molecule has 132 valence electrons. The van der Waals surface area contributed by atoms with Crippen molar-refractivity contribution in [1.29, 1.82) is 0 Å². The third kappa shape index (κ3) is 3.05. The SMILES string of the molecule is Cc1c(NC(=O)c2cn(C)nc2C(F)F)cccc1[C@@H]1C[C@@H]1C1CC1. The van der Waals surface area contributed by atoms with E-state index in [1.807, 2.05) is 19.1 Å². The number of amides is 1. The number of nitrogens with zero attached hydrogens (tertiary/aromatic N) is 2. The summed E-state index contributed by atoms with van der Waals surface area (Å²) in [6.45, 7) is 1.99. The first-order chi connectivity index (χ1) is 12.0. The number of alkyl halides is 2. The fraction of sp³-hybridized carbons (Fsp3) is 0.474. The van der Waals surface area contributed by atoms with Gasteiger partial charge in [0.25, 0.3) is 12.3 Å². The minimum absolute atomic E-state index is 0.0791. The number of rotatable bonds is 5. The monoisotopic (exact) mass is 345 g/mol. The van der Waals surface area contributed by atoms with Crippen LogP contribution in [0.5, 0.6) is 0 Å². The summed E-state index contributed by atoms with van der Waals surface area (Å²) in [7, 11) is 1.53. The summed E-state index contributed by atoms with van der Waals surface area (Å²) in [6, 6.07) is 5.87. The topological polar surface area (TPSA) is 46.9 Å². The molecule has 2 aromatic rings. The second-order valence-corrected chi connectivity index (χ2v) is 7.22. The number of benzene rings is 1. The number of aromatic nitrogens is 2. The highest BCUT2D eigenvalue weighted by Gasteiger charge is 2.48. The van der Waals surface area contributed by atoms with Crippen LogP contribution in [0.1, 0.15) is 58.8 Å². The summed E-state index contributed by atoms with van der Waals surface area (Å²) in [6.07, 6.45) is 2.46. The summed E-state index contributed by atoms with van der Waals surface area (Å²) in [5, 5.41) is 6.49. The number of halogens is 2. The lowest BCUT2D eigenvalue weighted by Crippen LogP contribution is -2.14. The minimum Gasteiger partial charge on any atom is -0.322 e. The standard InChI is InChI=1S/C19H21F2N3O/c1-10-12(14-8-13(14)11-6-7-11)4-3-5-16(10)22-19(25)15-9-24(2)23-17(15)18(20)21/h3-5,9,11,13-14,18H,6-8H2,1-2H3,(H,22,25)/t13-,14+/m1/s1. The molecule has 4 nitrogen and oxygen atoms in total. The van der Waals surface area contributed by atoms with E-state index in [0.717, 1.165) is 17.4 Å². The molecule has 2 saturated carbocycles. The second-order valence-electron chi connectivity index (χ2n) is 7.22. The average molecular weight is 345 g/mol. The van der Waals surface area contributed by atoms with Gasteiger partial charge in [0.1, 0.15) is 5.69 Å². The first-order valence-electron chi connectivity index (χ1n) is 8.68. The van der Waals surface area contributed by atoms with Crippen molar-refractivity contribution in [2.75, 3.05) is 5.32 Å². The lowest BCUT2D eigenvalue weighted by Gasteiger charge is -2.12. The van der Waals surface area contributed by atoms with Crippen molar-refractivity contribution in [3.63, 3.8) is 0 Å². The van der Waals surface area contributed by atoms with Gasteiger partial charge in [0.2, 0.25) is 0 Å². The zero-order chi connectivity index (χ0) is 17.7. The third-order valence-electron chi connectivity index (χ3n) is 5.40. The maximum Gasteiger partial charge on any atom is 0.282 e. The number of carbonyl (C=O) groups is 1. The molecule has 25 heavy (non-hydrogen) atoms. The van der Waals surface area contributed by atoms with E-state index in [4.69, 9.17) is 0 Å². The van der Waals surface area contributed by atoms with E-state index < -0.39 is 18.0 Å². The normalized spacial score (nSPS) is 22.3. The third-order valence-corrected chi connectivity index (χ3v) is 5.40. The van der Waals surface area contributed by atoms with E-state index in [-0.39, 0.29) is 5.56 Å². The van der Waals surface area contributed by atoms with Crippen LogP contribution >= 0.6 is 0 Å². The lowest BCUT2D eigenvalue weighted by atomic mass is 10.00. The van der Waals surface area contributed by atoms with Gasteiger partial charge in [-0.05, 0) is 61.1 Å². The Bertz CT molecular complexity index is 826. The summed E-state index contributed by atoms with van der Waals surface area (Å²) in [5.41, 5.74) is 2.43. The molecule has 0 saturated heterocycles. The van der Waals surface area contributed by atoms with E-state index >= 15 is 0 Å². The van der Waals surface area contributed by atoms with Crippen LogP contribution in [-0.4, -0.2) is 15.7 Å². The molecule has 4 rings (SSSR count). The number of anilines is 1. The number of hydrogen-bond acceptors (Lipinski definition) is 2. The van der Waals surface area contributed by atoms with Gasteiger partial charge in [0.15, 0.2) is 0 Å². The van der Waals surface area contributed by atoms with Crippen LogP contribution in [0.2, 0.25) is 0 Å². The minimum atomic E-state index is -2.78. The molecule has 0 unspecified atom stereocenters. The fourth-order valence-corrected chi connectivity index (χ4v) is 3.84. The molecule has 1 aromatic carbocycles. The van der Waals surface area contributed by atoms with Gasteiger partial charge in [-0.15, -0.1) is 0 Å². The zero-order valence-corrected chi connectivity index (χ0v) is 14.3. The van der Waals surface area contributed by atoms with Crippen molar-refractivity contribution in [3.8, 4) is 0 Å². The Morgan fingerprint density at radius 3 is 2.80 bits per heavy atom. The van der Waals surface area contributed by atoms with Crippen LogP contribution in [0.15, 0.2) is 24.4 Å². The van der Waals surface area contributed by atoms with Crippen molar-refractivity contribution in [1.82, 2.24) is 9.78 Å². The first-order valence-corrected chi connectivity index (χ1v) is 8.68. The zero-order valence-electron chi connectivity index (χ0n) is 14.3. The maximum absolute atomic E-state index is 13.1. The lowest BCUT2D eigenvalue weighted by molar-refractivity contribution is 0.101. The van der Waals surface area contributed by atoms with Crippen LogP contribution < -0.4 is 5.32 Å². The molecular formula is C19H21F2N3O. The molecule has 0 spiro atoms. The molecule has 2 atom stereocenters. The molecule has 2 fully saturated rings. The number of nitrogens with one attached hydrogen (secondary N) is 1. The summed E-state index contributed by atoms with van der Waals surface area (Å²) >= 11 is 0. The van der Waals surface area contributed by atoms with E-state index in [9.17, 15) is 13.6 Å². The fourth-order valence-electron chi connectivity index (χ4n) is 3.84. The van der Waals surface area contributed by atoms with Crippen LogP contribution in [0.4, 0.5) is 14.5 Å². The average Bonchev–Trinajstić information content (AvgIpc) is 3.45. The van der Waals surface area contributed by atoms with Gasteiger partial charge >= 0.3 is 0 Å². The molecule has 0 bridgehead atoms. The number of hydrogen-bond donors (Lipinski definition) is 1. The Morgan fingerprint density at radius 2 is 2.12 bits per heavy atom. The maximum atomic E-state index is 13.1. The van der Waals surface area contributed by atoms with Gasteiger partial charge in [0.05, 0.1) is 5.56 Å². The Labute approximate surface area is 145 Å². The second kappa shape index (κ2) is 5.93. The molecule has 6 heteroatoms. The Morgan fingerprint density at radius 1 is 1.36 bits per heavy atom. The van der Waals surface area contributed by atoms with Gasteiger partial charge < -0.3 is 5.32 Å². The van der Waals surface area contributed by atoms with Crippen LogP contribution in [0.25, 0.3) is 0 Å². The smallest absolute Gasteiger partial charge is 0.282 e. The summed E-state index contributed by atoms with van der Waals surface area (Å²) in [4.78, 5) is 12.5. The molecule has 1 N–H and O–H groups in total. The van der Waals surface area contributed by atoms with E-state index in [1.54, 1.807) is 0 Å². The molecule has 2 aliphatic carbocycles. The highest BCUT2D eigenvalue weighted by molar-refractivity contribution is 6.05. The van der Waals surface area contributed by atoms with Crippen LogP contribution in [0.3, 0.4) is 0 Å².